The van der Waals surface area contributed by atoms with Gasteiger partial charge in [-0.05, 0) is 65.5 Å². The van der Waals surface area contributed by atoms with E-state index in [0.717, 1.165) is 31.7 Å². The molecule has 0 bridgehead atoms. The highest BCUT2D eigenvalue weighted by atomic mass is 32.1. The zero-order chi connectivity index (χ0) is 35.6. The van der Waals surface area contributed by atoms with Crippen LogP contribution in [-0.2, 0) is 0 Å². The van der Waals surface area contributed by atoms with Gasteiger partial charge in [-0.2, -0.15) is 0 Å². The van der Waals surface area contributed by atoms with Crippen LogP contribution in [0.2, 0.25) is 0 Å². The number of benzene rings is 8. The van der Waals surface area contributed by atoms with Gasteiger partial charge in [-0.25, -0.2) is 0 Å². The number of nitrogens with two attached hydrogens (primary N) is 1. The fourth-order valence-corrected chi connectivity index (χ4v) is 8.97. The van der Waals surface area contributed by atoms with Gasteiger partial charge in [0.15, 0.2) is 0 Å². The Morgan fingerprint density at radius 2 is 1.21 bits per heavy atom. The zero-order valence-electron chi connectivity index (χ0n) is 28.9. The van der Waals surface area contributed by atoms with E-state index in [-0.39, 0.29) is 0 Å². The summed E-state index contributed by atoms with van der Waals surface area (Å²) in [7, 11) is 0. The molecule has 3 aromatic heterocycles. The first-order valence-electron chi connectivity index (χ1n) is 17.7. The van der Waals surface area contributed by atoms with Gasteiger partial charge >= 0.3 is 0 Å². The highest BCUT2D eigenvalue weighted by molar-refractivity contribution is 7.21. The van der Waals surface area contributed by atoms with Crippen molar-refractivity contribution in [2.45, 2.75) is 6.92 Å². The molecular weight excluding hydrogens is 667 g/mol. The maximum absolute atomic E-state index is 8.27. The van der Waals surface area contributed by atoms with E-state index in [1.807, 2.05) is 60.7 Å². The number of furan rings is 1. The number of nitrogen functional groups attached to an aromatic ring is 1. The van der Waals surface area contributed by atoms with Crippen LogP contribution in [0.25, 0.3) is 81.1 Å². The van der Waals surface area contributed by atoms with Gasteiger partial charge in [-0.15, -0.1) is 11.3 Å². The average Bonchev–Trinajstić information content (AvgIpc) is 3.88. The molecule has 0 fully saturated rings. The third-order valence-corrected chi connectivity index (χ3v) is 11.6. The van der Waals surface area contributed by atoms with Crippen molar-refractivity contribution in [2.24, 2.45) is 0 Å². The number of rotatable bonds is 3. The molecule has 8 aromatic carbocycles. The minimum atomic E-state index is 0.495. The second-order valence-electron chi connectivity index (χ2n) is 13.5. The van der Waals surface area contributed by atoms with Crippen molar-refractivity contribution in [3.63, 3.8) is 0 Å². The van der Waals surface area contributed by atoms with Gasteiger partial charge in [0.2, 0.25) is 0 Å². The van der Waals surface area contributed by atoms with Crippen molar-refractivity contribution >= 4 is 98.1 Å². The lowest BCUT2D eigenvalue weighted by atomic mass is 9.95. The highest BCUT2D eigenvalue weighted by Crippen LogP contribution is 2.43. The van der Waals surface area contributed by atoms with Gasteiger partial charge in [-0.1, -0.05) is 127 Å². The first kappa shape index (κ1) is 31.1. The van der Waals surface area contributed by atoms with Crippen molar-refractivity contribution in [3.05, 3.63) is 180 Å². The molecule has 0 aliphatic heterocycles. The molecule has 11 rings (SSSR count). The number of aromatic nitrogens is 1. The van der Waals surface area contributed by atoms with Crippen LogP contribution in [0.15, 0.2) is 168 Å². The normalized spacial score (nSPS) is 11.6. The Morgan fingerprint density at radius 3 is 2.02 bits per heavy atom. The molecule has 0 amide bonds. The summed E-state index contributed by atoms with van der Waals surface area (Å²) in [6.07, 6.45) is 0. The van der Waals surface area contributed by atoms with Gasteiger partial charge in [0.05, 0.1) is 27.3 Å². The minimum Gasteiger partial charge on any atom is -0.456 e. The van der Waals surface area contributed by atoms with E-state index in [1.165, 1.54) is 65.4 Å². The Hall–Kier alpha value is -6.69. The molecule has 0 saturated carbocycles. The van der Waals surface area contributed by atoms with Crippen LogP contribution in [0.1, 0.15) is 16.0 Å². The summed E-state index contributed by atoms with van der Waals surface area (Å²) in [5.41, 5.74) is 15.0. The Balaban J connectivity index is 0.000000164. The molecular formula is C48H33N3OS. The number of fused-ring (bicyclic) bond motifs is 12. The Kier molecular flexibility index (Phi) is 7.17. The number of thiophene rings is 1. The Labute approximate surface area is 309 Å². The lowest BCUT2D eigenvalue weighted by Crippen LogP contribution is -2.01. The molecule has 0 spiro atoms. The largest absolute Gasteiger partial charge is 0.456 e. The molecule has 3 N–H and O–H groups in total. The van der Waals surface area contributed by atoms with E-state index < -0.39 is 0 Å². The molecule has 0 unspecified atom stereocenters. The summed E-state index contributed by atoms with van der Waals surface area (Å²) in [6.45, 7) is 2.13. The lowest BCUT2D eigenvalue weighted by molar-refractivity contribution is 0.669. The van der Waals surface area contributed by atoms with Crippen molar-refractivity contribution in [2.75, 3.05) is 5.73 Å². The summed E-state index contributed by atoms with van der Waals surface area (Å²) in [4.78, 5) is 0.849. The Bertz CT molecular complexity index is 3200. The van der Waals surface area contributed by atoms with Crippen LogP contribution >= 0.6 is 11.3 Å². The average molecular weight is 700 g/mol. The molecule has 0 aliphatic carbocycles. The number of para-hydroxylation sites is 2. The first-order chi connectivity index (χ1) is 26.0. The van der Waals surface area contributed by atoms with Crippen molar-refractivity contribution in [3.8, 4) is 5.69 Å². The molecule has 4 nitrogen and oxygen atoms in total. The predicted molar refractivity (Wildman–Crippen MR) is 226 cm³/mol. The van der Waals surface area contributed by atoms with E-state index in [9.17, 15) is 0 Å². The van der Waals surface area contributed by atoms with Crippen LogP contribution in [0, 0.1) is 12.3 Å². The minimum absolute atomic E-state index is 0.495. The molecule has 5 heteroatoms. The maximum atomic E-state index is 8.27. The van der Waals surface area contributed by atoms with Crippen LogP contribution in [-0.4, -0.2) is 10.3 Å². The van der Waals surface area contributed by atoms with Crippen molar-refractivity contribution < 1.29 is 4.42 Å². The SMILES string of the molecule is Cc1ccc(-n2c3ccccc3c3c4ccc5ccc6oc7ccccc7c6c5c4ccc32)cc1.N=C(c1ccccc1)c1sc2ccccc2c1N. The lowest BCUT2D eigenvalue weighted by Gasteiger charge is -2.10. The standard InChI is InChI=1S/C33H21NO.C15H12N2S/c1-20-10-14-22(15-11-20)34-27-8-4-2-6-25(27)32-24-16-12-21-13-19-30-33(26-7-3-5-9-29(26)35-30)31(21)23(24)17-18-28(32)34;16-13(10-6-2-1-3-7-10)15-14(17)11-8-4-5-9-12(11)18-15/h2-19H,1H3;1-9,16H,17H2. The third kappa shape index (κ3) is 4.93. The van der Waals surface area contributed by atoms with Gasteiger partial charge in [-0.3, -0.25) is 5.41 Å². The zero-order valence-corrected chi connectivity index (χ0v) is 29.7. The Morgan fingerprint density at radius 1 is 0.547 bits per heavy atom. The molecule has 0 radical (unpaired) electrons. The number of hydrogen-bond donors (Lipinski definition) is 2. The van der Waals surface area contributed by atoms with E-state index in [0.29, 0.717) is 11.4 Å². The topological polar surface area (TPSA) is 67.9 Å². The van der Waals surface area contributed by atoms with Crippen molar-refractivity contribution in [1.82, 2.24) is 4.57 Å². The van der Waals surface area contributed by atoms with E-state index in [4.69, 9.17) is 15.6 Å². The molecule has 0 atom stereocenters. The molecule has 0 saturated heterocycles. The van der Waals surface area contributed by atoms with Crippen LogP contribution in [0.3, 0.4) is 0 Å². The van der Waals surface area contributed by atoms with Gasteiger partial charge in [0.1, 0.15) is 11.2 Å². The van der Waals surface area contributed by atoms with Crippen LogP contribution in [0.5, 0.6) is 0 Å². The summed E-state index contributed by atoms with van der Waals surface area (Å²) in [5.74, 6) is 0. The number of nitrogens with zero attached hydrogens (tertiary/aromatic N) is 1. The summed E-state index contributed by atoms with van der Waals surface area (Å²) < 4.78 is 9.76. The predicted octanol–water partition coefficient (Wildman–Crippen LogP) is 13.2. The van der Waals surface area contributed by atoms with Gasteiger partial charge in [0.25, 0.3) is 0 Å². The molecule has 11 aromatic rings. The smallest absolute Gasteiger partial charge is 0.136 e. The number of hydrogen-bond acceptors (Lipinski definition) is 4. The second-order valence-corrected chi connectivity index (χ2v) is 14.6. The highest BCUT2D eigenvalue weighted by Gasteiger charge is 2.18. The van der Waals surface area contributed by atoms with Crippen LogP contribution < -0.4 is 5.73 Å². The first-order valence-corrected chi connectivity index (χ1v) is 18.5. The fraction of sp³-hybridized carbons (Fsp3) is 0.0208. The maximum Gasteiger partial charge on any atom is 0.136 e. The molecule has 0 aliphatic rings. The molecule has 53 heavy (non-hydrogen) atoms. The molecule has 252 valence electrons. The van der Waals surface area contributed by atoms with Crippen LogP contribution in [0.4, 0.5) is 5.69 Å². The van der Waals surface area contributed by atoms with E-state index in [1.54, 1.807) is 11.3 Å². The number of anilines is 1. The quantitative estimate of drug-likeness (QED) is 0.142. The third-order valence-electron chi connectivity index (χ3n) is 10.4. The number of aryl methyl sites for hydroxylation is 1. The van der Waals surface area contributed by atoms with Gasteiger partial charge in [0, 0.05) is 48.3 Å². The summed E-state index contributed by atoms with van der Waals surface area (Å²) in [5, 5.41) is 19.3. The van der Waals surface area contributed by atoms with E-state index in [2.05, 4.69) is 115 Å². The molecule has 3 heterocycles. The van der Waals surface area contributed by atoms with Crippen molar-refractivity contribution in [1.29, 1.82) is 5.41 Å². The number of nitrogens with one attached hydrogen (secondary N) is 1. The summed E-state index contributed by atoms with van der Waals surface area (Å²) >= 11 is 1.58. The van der Waals surface area contributed by atoms with Gasteiger partial charge < -0.3 is 14.7 Å². The monoisotopic (exact) mass is 699 g/mol. The van der Waals surface area contributed by atoms with E-state index >= 15 is 0 Å². The summed E-state index contributed by atoms with van der Waals surface area (Å²) in [6, 6.07) is 57.0. The second kappa shape index (κ2) is 12.2. The fourth-order valence-electron chi connectivity index (χ4n) is 7.87.